The third-order valence-corrected chi connectivity index (χ3v) is 6.11. The van der Waals surface area contributed by atoms with E-state index in [1.54, 1.807) is 4.57 Å². The number of hydrogen-bond acceptors (Lipinski definition) is 7. The van der Waals surface area contributed by atoms with Crippen LogP contribution < -0.4 is 4.74 Å². The van der Waals surface area contributed by atoms with E-state index in [9.17, 15) is 18.9 Å². The van der Waals surface area contributed by atoms with Crippen LogP contribution >= 0.6 is 11.3 Å². The molecule has 2 aliphatic rings. The van der Waals surface area contributed by atoms with Crippen molar-refractivity contribution in [2.45, 2.75) is 32.2 Å². The van der Waals surface area contributed by atoms with Gasteiger partial charge in [0.2, 0.25) is 0 Å². The van der Waals surface area contributed by atoms with Crippen LogP contribution in [-0.4, -0.2) is 36.5 Å². The van der Waals surface area contributed by atoms with Crippen LogP contribution in [0.3, 0.4) is 0 Å². The lowest BCUT2D eigenvalue weighted by molar-refractivity contribution is -0.389. The van der Waals surface area contributed by atoms with Gasteiger partial charge in [-0.1, -0.05) is 0 Å². The van der Waals surface area contributed by atoms with Gasteiger partial charge in [0, 0.05) is 41.1 Å². The average molecular weight is 419 g/mol. The standard InChI is InChI=1S/C18H15F2N5O3S/c1-18(9-24-7-15(25(26)27)22-17(24)28-18)8-23-5-13-14(6-23)29-16(21-13)11-3-2-10(19)4-12(11)20/h2-4,7H,5-6,8-9H2,1H3. The van der Waals surface area contributed by atoms with Gasteiger partial charge in [0.1, 0.15) is 28.4 Å². The molecule has 0 saturated heterocycles. The molecule has 0 fully saturated rings. The molecular formula is C18H15F2N5O3S. The summed E-state index contributed by atoms with van der Waals surface area (Å²) in [5.74, 6) is -1.46. The molecule has 0 aliphatic carbocycles. The maximum atomic E-state index is 14.0. The third kappa shape index (κ3) is 3.15. The first-order valence-electron chi connectivity index (χ1n) is 8.87. The maximum Gasteiger partial charge on any atom is 0.415 e. The molecule has 29 heavy (non-hydrogen) atoms. The van der Waals surface area contributed by atoms with Crippen LogP contribution in [0.4, 0.5) is 14.6 Å². The fourth-order valence-electron chi connectivity index (χ4n) is 3.83. The first kappa shape index (κ1) is 18.1. The Kier molecular flexibility index (Phi) is 3.93. The van der Waals surface area contributed by atoms with E-state index in [1.165, 1.54) is 29.7 Å². The van der Waals surface area contributed by atoms with E-state index in [2.05, 4.69) is 14.9 Å². The highest BCUT2D eigenvalue weighted by atomic mass is 32.1. The van der Waals surface area contributed by atoms with Gasteiger partial charge in [-0.15, -0.1) is 11.3 Å². The van der Waals surface area contributed by atoms with Crippen LogP contribution in [0.5, 0.6) is 6.01 Å². The molecule has 0 spiro atoms. The monoisotopic (exact) mass is 419 g/mol. The first-order valence-corrected chi connectivity index (χ1v) is 9.68. The van der Waals surface area contributed by atoms with Crippen molar-refractivity contribution < 1.29 is 18.4 Å². The second-order valence-electron chi connectivity index (χ2n) is 7.48. The number of thiazole rings is 1. The Hall–Kier alpha value is -2.92. The lowest BCUT2D eigenvalue weighted by Crippen LogP contribution is -2.43. The molecule has 1 atom stereocenters. The van der Waals surface area contributed by atoms with Crippen LogP contribution in [0, 0.1) is 21.7 Å². The van der Waals surface area contributed by atoms with Gasteiger partial charge in [0.25, 0.3) is 0 Å². The topological polar surface area (TPSA) is 86.3 Å². The molecule has 0 radical (unpaired) electrons. The van der Waals surface area contributed by atoms with Crippen molar-refractivity contribution in [3.8, 4) is 16.6 Å². The molecule has 1 unspecified atom stereocenters. The molecule has 0 saturated carbocycles. The number of hydrogen-bond donors (Lipinski definition) is 0. The fraction of sp³-hybridized carbons (Fsp3) is 0.333. The Morgan fingerprint density at radius 2 is 2.17 bits per heavy atom. The molecule has 0 bridgehead atoms. The summed E-state index contributed by atoms with van der Waals surface area (Å²) >= 11 is 1.40. The zero-order valence-corrected chi connectivity index (χ0v) is 16.1. The summed E-state index contributed by atoms with van der Waals surface area (Å²) in [5.41, 5.74) is 0.622. The van der Waals surface area contributed by atoms with E-state index in [-0.39, 0.29) is 11.8 Å². The minimum atomic E-state index is -0.621. The Balaban J connectivity index is 1.27. The summed E-state index contributed by atoms with van der Waals surface area (Å²) < 4.78 is 34.7. The highest BCUT2D eigenvalue weighted by Crippen LogP contribution is 2.37. The second kappa shape index (κ2) is 6.29. The molecule has 0 N–H and O–H groups in total. The van der Waals surface area contributed by atoms with Crippen LogP contribution in [0.15, 0.2) is 24.4 Å². The Bertz CT molecular complexity index is 1100. The smallest absolute Gasteiger partial charge is 0.415 e. The third-order valence-electron chi connectivity index (χ3n) is 5.00. The quantitative estimate of drug-likeness (QED) is 0.476. The highest BCUT2D eigenvalue weighted by molar-refractivity contribution is 7.15. The van der Waals surface area contributed by atoms with Crippen LogP contribution in [-0.2, 0) is 19.6 Å². The average Bonchev–Trinajstić information content (AvgIpc) is 3.33. The zero-order chi connectivity index (χ0) is 20.3. The number of rotatable bonds is 4. The molecular weight excluding hydrogens is 404 g/mol. The van der Waals surface area contributed by atoms with Crippen LogP contribution in [0.1, 0.15) is 17.5 Å². The summed E-state index contributed by atoms with van der Waals surface area (Å²) in [7, 11) is 0. The Morgan fingerprint density at radius 1 is 1.34 bits per heavy atom. The lowest BCUT2D eigenvalue weighted by Gasteiger charge is -2.27. The van der Waals surface area contributed by atoms with Crippen molar-refractivity contribution in [3.63, 3.8) is 0 Å². The van der Waals surface area contributed by atoms with Gasteiger partial charge in [-0.05, 0) is 24.0 Å². The van der Waals surface area contributed by atoms with Crippen molar-refractivity contribution in [2.75, 3.05) is 6.54 Å². The van der Waals surface area contributed by atoms with E-state index in [4.69, 9.17) is 4.74 Å². The van der Waals surface area contributed by atoms with Crippen molar-refractivity contribution in [3.05, 3.63) is 56.7 Å². The number of fused-ring (bicyclic) bond motifs is 2. The van der Waals surface area contributed by atoms with Crippen molar-refractivity contribution in [2.24, 2.45) is 0 Å². The van der Waals surface area contributed by atoms with Gasteiger partial charge in [0.15, 0.2) is 0 Å². The number of nitrogens with zero attached hydrogens (tertiary/aromatic N) is 5. The summed E-state index contributed by atoms with van der Waals surface area (Å²) in [6.07, 6.45) is 1.38. The number of halogens is 2. The summed E-state index contributed by atoms with van der Waals surface area (Å²) in [4.78, 5) is 21.9. The van der Waals surface area contributed by atoms with Crippen LogP contribution in [0.25, 0.3) is 10.6 Å². The van der Waals surface area contributed by atoms with E-state index in [0.29, 0.717) is 36.8 Å². The van der Waals surface area contributed by atoms with Crippen molar-refractivity contribution in [1.29, 1.82) is 0 Å². The van der Waals surface area contributed by atoms with Gasteiger partial charge in [0.05, 0.1) is 12.2 Å². The maximum absolute atomic E-state index is 14.0. The Morgan fingerprint density at radius 3 is 2.86 bits per heavy atom. The van der Waals surface area contributed by atoms with Gasteiger partial charge >= 0.3 is 11.8 Å². The molecule has 5 rings (SSSR count). The van der Waals surface area contributed by atoms with E-state index in [1.807, 2.05) is 6.92 Å². The summed E-state index contributed by atoms with van der Waals surface area (Å²) in [6.45, 7) is 4.24. The van der Waals surface area contributed by atoms with E-state index in [0.717, 1.165) is 16.6 Å². The molecule has 150 valence electrons. The van der Waals surface area contributed by atoms with Crippen molar-refractivity contribution in [1.82, 2.24) is 19.4 Å². The minimum absolute atomic E-state index is 0.227. The molecule has 11 heteroatoms. The molecule has 2 aromatic heterocycles. The largest absolute Gasteiger partial charge is 0.436 e. The van der Waals surface area contributed by atoms with Gasteiger partial charge in [-0.2, -0.15) is 0 Å². The zero-order valence-electron chi connectivity index (χ0n) is 15.3. The predicted octanol–water partition coefficient (Wildman–Crippen LogP) is 3.36. The van der Waals surface area contributed by atoms with Crippen molar-refractivity contribution >= 4 is 17.2 Å². The SMILES string of the molecule is CC1(CN2Cc3nc(-c4ccc(F)cc4F)sc3C2)Cn2cc([N+](=O)[O-])nc2O1. The number of benzene rings is 1. The summed E-state index contributed by atoms with van der Waals surface area (Å²) in [5, 5.41) is 11.4. The lowest BCUT2D eigenvalue weighted by atomic mass is 10.1. The van der Waals surface area contributed by atoms with E-state index >= 15 is 0 Å². The number of aromatic nitrogens is 3. The predicted molar refractivity (Wildman–Crippen MR) is 99.5 cm³/mol. The normalized spacial score (nSPS) is 20.5. The second-order valence-corrected chi connectivity index (χ2v) is 8.56. The molecule has 1 aromatic carbocycles. The minimum Gasteiger partial charge on any atom is -0.436 e. The molecule has 2 aliphatic heterocycles. The van der Waals surface area contributed by atoms with Crippen LogP contribution in [0.2, 0.25) is 0 Å². The molecule has 8 nitrogen and oxygen atoms in total. The Labute approximate surface area is 167 Å². The molecule has 0 amide bonds. The molecule has 3 aromatic rings. The number of ether oxygens (including phenoxy) is 1. The summed E-state index contributed by atoms with van der Waals surface area (Å²) in [6, 6.07) is 3.74. The molecule has 4 heterocycles. The fourth-order valence-corrected chi connectivity index (χ4v) is 4.97. The van der Waals surface area contributed by atoms with E-state index < -0.39 is 22.2 Å². The van der Waals surface area contributed by atoms with Gasteiger partial charge in [-0.25, -0.2) is 13.8 Å². The van der Waals surface area contributed by atoms with Gasteiger partial charge < -0.3 is 14.9 Å². The first-order chi connectivity index (χ1) is 13.8. The van der Waals surface area contributed by atoms with Gasteiger partial charge in [-0.3, -0.25) is 9.47 Å². The highest BCUT2D eigenvalue weighted by Gasteiger charge is 2.42. The number of imidazole rings is 1. The number of nitro groups is 1.